The number of amides is 1. The highest BCUT2D eigenvalue weighted by atomic mass is 35.5. The van der Waals surface area contributed by atoms with Crippen molar-refractivity contribution in [2.45, 2.75) is 19.4 Å². The van der Waals surface area contributed by atoms with E-state index in [4.69, 9.17) is 0 Å². The molecule has 1 aliphatic heterocycles. The fraction of sp³-hybridized carbons (Fsp3) is 0.350. The van der Waals surface area contributed by atoms with Crippen LogP contribution >= 0.6 is 12.4 Å². The monoisotopic (exact) mass is 395 g/mol. The van der Waals surface area contributed by atoms with Crippen LogP contribution in [0.4, 0.5) is 14.5 Å². The number of rotatable bonds is 5. The molecule has 1 aliphatic rings. The Morgan fingerprint density at radius 2 is 2.04 bits per heavy atom. The van der Waals surface area contributed by atoms with Crippen LogP contribution in [0.1, 0.15) is 23.6 Å². The van der Waals surface area contributed by atoms with Gasteiger partial charge in [0.15, 0.2) is 0 Å². The molecule has 0 saturated carbocycles. The number of hydrogen-bond acceptors (Lipinski definition) is 3. The fourth-order valence-corrected chi connectivity index (χ4v) is 3.26. The number of nitrogens with zero attached hydrogens (tertiary/aromatic N) is 1. The van der Waals surface area contributed by atoms with Crippen molar-refractivity contribution < 1.29 is 13.6 Å². The van der Waals surface area contributed by atoms with Crippen molar-refractivity contribution >= 4 is 24.0 Å². The predicted molar refractivity (Wildman–Crippen MR) is 105 cm³/mol. The SMILES string of the molecule is Cc1c(F)cccc1NC(=O)CCN1CCNCC1c1cccc(F)c1.Cl. The smallest absolute Gasteiger partial charge is 0.225 e. The molecule has 0 aliphatic carbocycles. The maximum Gasteiger partial charge on any atom is 0.225 e. The highest BCUT2D eigenvalue weighted by Crippen LogP contribution is 2.23. The Bertz CT molecular complexity index is 788. The van der Waals surface area contributed by atoms with E-state index in [2.05, 4.69) is 15.5 Å². The topological polar surface area (TPSA) is 44.4 Å². The molecule has 7 heteroatoms. The Kier molecular flexibility index (Phi) is 7.71. The van der Waals surface area contributed by atoms with Gasteiger partial charge in [0.25, 0.3) is 0 Å². The highest BCUT2D eigenvalue weighted by molar-refractivity contribution is 5.91. The Morgan fingerprint density at radius 3 is 2.81 bits per heavy atom. The Hall–Kier alpha value is -2.02. The van der Waals surface area contributed by atoms with Crippen LogP contribution in [0.25, 0.3) is 0 Å². The molecule has 146 valence electrons. The molecule has 1 unspecified atom stereocenters. The zero-order valence-electron chi connectivity index (χ0n) is 15.2. The molecular formula is C20H24ClF2N3O. The lowest BCUT2D eigenvalue weighted by Crippen LogP contribution is -2.46. The first-order chi connectivity index (χ1) is 12.5. The second-order valence-corrected chi connectivity index (χ2v) is 6.52. The van der Waals surface area contributed by atoms with Crippen LogP contribution in [0.2, 0.25) is 0 Å². The lowest BCUT2D eigenvalue weighted by Gasteiger charge is -2.36. The van der Waals surface area contributed by atoms with E-state index >= 15 is 0 Å². The van der Waals surface area contributed by atoms with Gasteiger partial charge in [0.1, 0.15) is 11.6 Å². The summed E-state index contributed by atoms with van der Waals surface area (Å²) in [6.07, 6.45) is 0.293. The molecular weight excluding hydrogens is 372 g/mol. The van der Waals surface area contributed by atoms with Crippen LogP contribution in [0.3, 0.4) is 0 Å². The van der Waals surface area contributed by atoms with Crippen LogP contribution in [0, 0.1) is 18.6 Å². The van der Waals surface area contributed by atoms with E-state index < -0.39 is 0 Å². The fourth-order valence-electron chi connectivity index (χ4n) is 3.26. The molecule has 1 saturated heterocycles. The normalized spacial score (nSPS) is 17.2. The number of carbonyl (C=O) groups is 1. The molecule has 4 nitrogen and oxygen atoms in total. The van der Waals surface area contributed by atoms with Crippen molar-refractivity contribution in [2.24, 2.45) is 0 Å². The maximum absolute atomic E-state index is 13.6. The quantitative estimate of drug-likeness (QED) is 0.811. The predicted octanol–water partition coefficient (Wildman–Crippen LogP) is 3.67. The van der Waals surface area contributed by atoms with Gasteiger partial charge in [0, 0.05) is 49.9 Å². The standard InChI is InChI=1S/C20H23F2N3O.ClH/c1-14-17(22)6-3-7-18(14)24-20(26)8-10-25-11-9-23-13-19(25)15-4-2-5-16(21)12-15;/h2-7,12,19,23H,8-11,13H2,1H3,(H,24,26);1H. The minimum atomic E-state index is -0.337. The summed E-state index contributed by atoms with van der Waals surface area (Å²) in [5.41, 5.74) is 1.83. The molecule has 2 aromatic rings. The molecule has 0 bridgehead atoms. The van der Waals surface area contributed by atoms with Gasteiger partial charge in [-0.2, -0.15) is 0 Å². The van der Waals surface area contributed by atoms with Crippen LogP contribution in [0.15, 0.2) is 42.5 Å². The van der Waals surface area contributed by atoms with Gasteiger partial charge in [0.2, 0.25) is 5.91 Å². The Morgan fingerprint density at radius 1 is 1.26 bits per heavy atom. The van der Waals surface area contributed by atoms with Crippen LogP contribution < -0.4 is 10.6 Å². The molecule has 2 aromatic carbocycles. The first kappa shape index (κ1) is 21.3. The second-order valence-electron chi connectivity index (χ2n) is 6.52. The van der Waals surface area contributed by atoms with Gasteiger partial charge in [-0.05, 0) is 36.8 Å². The number of anilines is 1. The molecule has 0 aromatic heterocycles. The third kappa shape index (κ3) is 5.48. The first-order valence-corrected chi connectivity index (χ1v) is 8.80. The van der Waals surface area contributed by atoms with Gasteiger partial charge in [-0.1, -0.05) is 18.2 Å². The van der Waals surface area contributed by atoms with Gasteiger partial charge in [0.05, 0.1) is 0 Å². The van der Waals surface area contributed by atoms with Gasteiger partial charge < -0.3 is 10.6 Å². The number of hydrogen-bond donors (Lipinski definition) is 2. The number of benzene rings is 2. The van der Waals surface area contributed by atoms with Crippen molar-refractivity contribution in [3.05, 3.63) is 65.2 Å². The Labute approximate surface area is 164 Å². The third-order valence-electron chi connectivity index (χ3n) is 4.76. The van der Waals surface area contributed by atoms with Crippen molar-refractivity contribution in [1.29, 1.82) is 0 Å². The maximum atomic E-state index is 13.6. The number of piperazine rings is 1. The molecule has 27 heavy (non-hydrogen) atoms. The number of halogens is 3. The van der Waals surface area contributed by atoms with E-state index in [0.29, 0.717) is 30.8 Å². The summed E-state index contributed by atoms with van der Waals surface area (Å²) in [5, 5.41) is 6.09. The van der Waals surface area contributed by atoms with E-state index in [0.717, 1.165) is 18.7 Å². The van der Waals surface area contributed by atoms with Gasteiger partial charge in [-0.25, -0.2) is 8.78 Å². The molecule has 0 radical (unpaired) electrons. The molecule has 1 amide bonds. The lowest BCUT2D eigenvalue weighted by molar-refractivity contribution is -0.116. The average Bonchev–Trinajstić information content (AvgIpc) is 2.64. The van der Waals surface area contributed by atoms with Crippen LogP contribution in [0.5, 0.6) is 0 Å². The van der Waals surface area contributed by atoms with Crippen molar-refractivity contribution in [1.82, 2.24) is 10.2 Å². The summed E-state index contributed by atoms with van der Waals surface area (Å²) in [7, 11) is 0. The van der Waals surface area contributed by atoms with Crippen LogP contribution in [-0.4, -0.2) is 37.0 Å². The summed E-state index contributed by atoms with van der Waals surface area (Å²) in [6, 6.07) is 11.3. The molecule has 3 rings (SSSR count). The summed E-state index contributed by atoms with van der Waals surface area (Å²) < 4.78 is 27.1. The average molecular weight is 396 g/mol. The second kappa shape index (κ2) is 9.78. The molecule has 2 N–H and O–H groups in total. The zero-order valence-corrected chi connectivity index (χ0v) is 16.0. The van der Waals surface area contributed by atoms with Crippen molar-refractivity contribution in [3.8, 4) is 0 Å². The largest absolute Gasteiger partial charge is 0.326 e. The number of carbonyl (C=O) groups excluding carboxylic acids is 1. The van der Waals surface area contributed by atoms with Crippen molar-refractivity contribution in [3.63, 3.8) is 0 Å². The summed E-state index contributed by atoms with van der Waals surface area (Å²) in [6.45, 7) is 4.53. The van der Waals surface area contributed by atoms with E-state index in [1.54, 1.807) is 31.2 Å². The van der Waals surface area contributed by atoms with Gasteiger partial charge >= 0.3 is 0 Å². The summed E-state index contributed by atoms with van der Waals surface area (Å²) >= 11 is 0. The summed E-state index contributed by atoms with van der Waals surface area (Å²) in [4.78, 5) is 14.5. The Balaban J connectivity index is 0.00000261. The minimum Gasteiger partial charge on any atom is -0.326 e. The van der Waals surface area contributed by atoms with E-state index in [9.17, 15) is 13.6 Å². The lowest BCUT2D eigenvalue weighted by atomic mass is 10.0. The van der Waals surface area contributed by atoms with E-state index in [1.165, 1.54) is 12.1 Å². The van der Waals surface area contributed by atoms with Gasteiger partial charge in [-0.15, -0.1) is 12.4 Å². The van der Waals surface area contributed by atoms with Gasteiger partial charge in [-0.3, -0.25) is 9.69 Å². The highest BCUT2D eigenvalue weighted by Gasteiger charge is 2.24. The van der Waals surface area contributed by atoms with E-state index in [-0.39, 0.29) is 36.0 Å². The summed E-state index contributed by atoms with van der Waals surface area (Å²) in [5.74, 6) is -0.751. The van der Waals surface area contributed by atoms with Crippen molar-refractivity contribution in [2.75, 3.05) is 31.5 Å². The number of nitrogens with one attached hydrogen (secondary N) is 2. The minimum absolute atomic E-state index is 0. The zero-order chi connectivity index (χ0) is 18.5. The molecule has 1 fully saturated rings. The molecule has 0 spiro atoms. The van der Waals surface area contributed by atoms with E-state index in [1.807, 2.05) is 6.07 Å². The van der Waals surface area contributed by atoms with Crippen LogP contribution in [-0.2, 0) is 4.79 Å². The molecule has 1 heterocycles. The first-order valence-electron chi connectivity index (χ1n) is 8.80. The molecule has 1 atom stereocenters. The third-order valence-corrected chi connectivity index (χ3v) is 4.76.